The van der Waals surface area contributed by atoms with Gasteiger partial charge < -0.3 is 10.2 Å². The van der Waals surface area contributed by atoms with Gasteiger partial charge in [0.2, 0.25) is 0 Å². The quantitative estimate of drug-likeness (QED) is 0.656. The number of ketones is 1. The summed E-state index contributed by atoms with van der Waals surface area (Å²) in [6, 6.07) is 4.75. The lowest BCUT2D eigenvalue weighted by Crippen LogP contribution is -2.38. The SMILES string of the molecule is CCC1CCCCCN1CC(=O)c1ccc(O)c(O)c1. The molecular weight excluding hydrogens is 254 g/mol. The summed E-state index contributed by atoms with van der Waals surface area (Å²) in [4.78, 5) is 14.6. The number of rotatable bonds is 4. The number of Topliss-reactive ketones (excluding diaryl/α,β-unsaturated/α-hetero) is 1. The Morgan fingerprint density at radius 2 is 2.05 bits per heavy atom. The molecule has 1 unspecified atom stereocenters. The second kappa shape index (κ2) is 6.75. The number of phenols is 2. The highest BCUT2D eigenvalue weighted by molar-refractivity contribution is 5.98. The molecule has 1 fully saturated rings. The fourth-order valence-electron chi connectivity index (χ4n) is 2.88. The third-order valence-electron chi connectivity index (χ3n) is 4.11. The van der Waals surface area contributed by atoms with E-state index in [4.69, 9.17) is 0 Å². The Balaban J connectivity index is 2.06. The highest BCUT2D eigenvalue weighted by Crippen LogP contribution is 2.26. The molecule has 1 aliphatic heterocycles. The predicted octanol–water partition coefficient (Wildman–Crippen LogP) is 2.94. The van der Waals surface area contributed by atoms with Gasteiger partial charge >= 0.3 is 0 Å². The van der Waals surface area contributed by atoms with E-state index in [1.807, 2.05) is 0 Å². The lowest BCUT2D eigenvalue weighted by atomic mass is 10.1. The maximum atomic E-state index is 12.3. The topological polar surface area (TPSA) is 60.8 Å². The third-order valence-corrected chi connectivity index (χ3v) is 4.11. The molecule has 1 atom stereocenters. The van der Waals surface area contributed by atoms with Crippen LogP contribution >= 0.6 is 0 Å². The molecule has 0 saturated carbocycles. The Hall–Kier alpha value is -1.55. The van der Waals surface area contributed by atoms with E-state index in [0.717, 1.165) is 25.8 Å². The van der Waals surface area contributed by atoms with Crippen molar-refractivity contribution in [3.8, 4) is 11.5 Å². The van der Waals surface area contributed by atoms with Gasteiger partial charge in [0.15, 0.2) is 17.3 Å². The molecule has 1 saturated heterocycles. The minimum absolute atomic E-state index is 0.000602. The maximum Gasteiger partial charge on any atom is 0.176 e. The minimum atomic E-state index is -0.237. The average Bonchev–Trinajstić information content (AvgIpc) is 2.66. The van der Waals surface area contributed by atoms with Crippen molar-refractivity contribution in [2.24, 2.45) is 0 Å². The van der Waals surface area contributed by atoms with Crippen LogP contribution in [-0.4, -0.2) is 40.0 Å². The molecule has 110 valence electrons. The van der Waals surface area contributed by atoms with Crippen molar-refractivity contribution in [1.29, 1.82) is 0 Å². The first-order valence-corrected chi connectivity index (χ1v) is 7.41. The van der Waals surface area contributed by atoms with E-state index < -0.39 is 0 Å². The lowest BCUT2D eigenvalue weighted by molar-refractivity contribution is 0.0890. The molecule has 1 aliphatic rings. The molecule has 4 heteroatoms. The van der Waals surface area contributed by atoms with Crippen LogP contribution in [0.2, 0.25) is 0 Å². The smallest absolute Gasteiger partial charge is 0.176 e. The van der Waals surface area contributed by atoms with Gasteiger partial charge in [-0.25, -0.2) is 0 Å². The molecule has 0 radical (unpaired) electrons. The van der Waals surface area contributed by atoms with Crippen LogP contribution in [0.3, 0.4) is 0 Å². The van der Waals surface area contributed by atoms with Gasteiger partial charge in [0.1, 0.15) is 0 Å². The fraction of sp³-hybridized carbons (Fsp3) is 0.562. The van der Waals surface area contributed by atoms with E-state index in [9.17, 15) is 15.0 Å². The second-order valence-corrected chi connectivity index (χ2v) is 5.51. The van der Waals surface area contributed by atoms with Gasteiger partial charge in [-0.1, -0.05) is 19.8 Å². The fourth-order valence-corrected chi connectivity index (χ4v) is 2.88. The molecule has 20 heavy (non-hydrogen) atoms. The maximum absolute atomic E-state index is 12.3. The zero-order valence-electron chi connectivity index (χ0n) is 12.0. The molecule has 0 spiro atoms. The van der Waals surface area contributed by atoms with Crippen LogP contribution in [-0.2, 0) is 0 Å². The summed E-state index contributed by atoms with van der Waals surface area (Å²) in [5.74, 6) is -0.429. The van der Waals surface area contributed by atoms with Crippen LogP contribution in [0.5, 0.6) is 11.5 Å². The normalized spacial score (nSPS) is 20.6. The minimum Gasteiger partial charge on any atom is -0.504 e. The zero-order chi connectivity index (χ0) is 14.5. The lowest BCUT2D eigenvalue weighted by Gasteiger charge is -2.28. The molecule has 0 aromatic heterocycles. The summed E-state index contributed by atoms with van der Waals surface area (Å²) in [5, 5.41) is 18.8. The van der Waals surface area contributed by atoms with Crippen LogP contribution in [0.4, 0.5) is 0 Å². The van der Waals surface area contributed by atoms with E-state index >= 15 is 0 Å². The van der Waals surface area contributed by atoms with E-state index in [-0.39, 0.29) is 17.3 Å². The number of carbonyl (C=O) groups is 1. The van der Waals surface area contributed by atoms with Gasteiger partial charge in [0.25, 0.3) is 0 Å². The van der Waals surface area contributed by atoms with Gasteiger partial charge in [-0.05, 0) is 44.0 Å². The number of carbonyl (C=O) groups excluding carboxylic acids is 1. The second-order valence-electron chi connectivity index (χ2n) is 5.51. The van der Waals surface area contributed by atoms with Crippen LogP contribution in [0.25, 0.3) is 0 Å². The van der Waals surface area contributed by atoms with Crippen molar-refractivity contribution in [3.63, 3.8) is 0 Å². The number of likely N-dealkylation sites (tertiary alicyclic amines) is 1. The Kier molecular flexibility index (Phi) is 5.01. The molecule has 2 N–H and O–H groups in total. The third kappa shape index (κ3) is 3.51. The van der Waals surface area contributed by atoms with E-state index in [1.54, 1.807) is 6.07 Å². The van der Waals surface area contributed by atoms with Gasteiger partial charge in [-0.2, -0.15) is 0 Å². The van der Waals surface area contributed by atoms with Crippen molar-refractivity contribution in [3.05, 3.63) is 23.8 Å². The van der Waals surface area contributed by atoms with E-state index in [2.05, 4.69) is 11.8 Å². The number of benzene rings is 1. The summed E-state index contributed by atoms with van der Waals surface area (Å²) in [6.07, 6.45) is 5.84. The Bertz CT molecular complexity index is 473. The summed E-state index contributed by atoms with van der Waals surface area (Å²) in [5.41, 5.74) is 0.458. The number of nitrogens with zero attached hydrogens (tertiary/aromatic N) is 1. The Morgan fingerprint density at radius 1 is 1.25 bits per heavy atom. The van der Waals surface area contributed by atoms with Crippen LogP contribution in [0.15, 0.2) is 18.2 Å². The van der Waals surface area contributed by atoms with Crippen molar-refractivity contribution < 1.29 is 15.0 Å². The first-order valence-electron chi connectivity index (χ1n) is 7.41. The van der Waals surface area contributed by atoms with Gasteiger partial charge in [0.05, 0.1) is 6.54 Å². The molecule has 1 aromatic carbocycles. The Labute approximate surface area is 120 Å². The van der Waals surface area contributed by atoms with Crippen molar-refractivity contribution >= 4 is 5.78 Å². The number of hydrogen-bond acceptors (Lipinski definition) is 4. The monoisotopic (exact) mass is 277 g/mol. The summed E-state index contributed by atoms with van der Waals surface area (Å²) < 4.78 is 0. The van der Waals surface area contributed by atoms with Gasteiger partial charge in [-0.3, -0.25) is 9.69 Å². The number of hydrogen-bond donors (Lipinski definition) is 2. The van der Waals surface area contributed by atoms with Crippen molar-refractivity contribution in [1.82, 2.24) is 4.90 Å². The van der Waals surface area contributed by atoms with E-state index in [1.165, 1.54) is 25.0 Å². The van der Waals surface area contributed by atoms with Crippen LogP contribution < -0.4 is 0 Å². The predicted molar refractivity (Wildman–Crippen MR) is 78.2 cm³/mol. The van der Waals surface area contributed by atoms with Crippen molar-refractivity contribution in [2.75, 3.05) is 13.1 Å². The molecule has 1 heterocycles. The number of phenolic OH excluding ortho intramolecular Hbond substituents is 2. The van der Waals surface area contributed by atoms with Crippen LogP contribution in [0.1, 0.15) is 49.4 Å². The molecule has 4 nitrogen and oxygen atoms in total. The van der Waals surface area contributed by atoms with Crippen LogP contribution in [0, 0.1) is 0 Å². The van der Waals surface area contributed by atoms with E-state index in [0.29, 0.717) is 18.2 Å². The highest BCUT2D eigenvalue weighted by Gasteiger charge is 2.22. The number of aromatic hydroxyl groups is 2. The van der Waals surface area contributed by atoms with Gasteiger partial charge in [-0.15, -0.1) is 0 Å². The van der Waals surface area contributed by atoms with Crippen molar-refractivity contribution in [2.45, 2.75) is 45.1 Å². The van der Waals surface area contributed by atoms with Gasteiger partial charge in [0, 0.05) is 11.6 Å². The average molecular weight is 277 g/mol. The first-order chi connectivity index (χ1) is 9.61. The standard InChI is InChI=1S/C16H23NO3/c1-2-13-6-4-3-5-9-17(13)11-16(20)12-7-8-14(18)15(19)10-12/h7-8,10,13,18-19H,2-6,9,11H2,1H3. The summed E-state index contributed by atoms with van der Waals surface area (Å²) >= 11 is 0. The zero-order valence-corrected chi connectivity index (χ0v) is 12.0. The Morgan fingerprint density at radius 3 is 2.75 bits per heavy atom. The largest absolute Gasteiger partial charge is 0.504 e. The molecule has 0 aliphatic carbocycles. The molecule has 2 rings (SSSR count). The highest BCUT2D eigenvalue weighted by atomic mass is 16.3. The first kappa shape index (κ1) is 14.9. The summed E-state index contributed by atoms with van der Waals surface area (Å²) in [7, 11) is 0. The molecule has 0 amide bonds. The molecular formula is C16H23NO3. The summed E-state index contributed by atoms with van der Waals surface area (Å²) in [6.45, 7) is 3.52. The molecule has 1 aromatic rings. The molecule has 0 bridgehead atoms.